The molecule has 4 rings (SSSR count). The predicted octanol–water partition coefficient (Wildman–Crippen LogP) is 3.28. The minimum atomic E-state index is -3.66. The Bertz CT molecular complexity index is 983. The van der Waals surface area contributed by atoms with Crippen LogP contribution in [0.1, 0.15) is 36.5 Å². The standard InChI is InChI=1S/C20H22N2O3S/c1-14(23)22-11-3-6-17-13-19(9-10-20(17)22)26(24,25)21-18-8-7-15-4-2-5-16(15)12-18/h7-10,12-13,21H,2-6,11H2,1H3. The van der Waals surface area contributed by atoms with E-state index in [0.717, 1.165) is 43.4 Å². The van der Waals surface area contributed by atoms with E-state index in [1.54, 1.807) is 23.1 Å². The zero-order chi connectivity index (χ0) is 18.3. The average Bonchev–Trinajstić information content (AvgIpc) is 3.08. The Kier molecular flexibility index (Phi) is 4.23. The molecule has 0 fully saturated rings. The number of carbonyl (C=O) groups excluding carboxylic acids is 1. The molecule has 0 unspecified atom stereocenters. The minimum Gasteiger partial charge on any atom is -0.312 e. The predicted molar refractivity (Wildman–Crippen MR) is 102 cm³/mol. The lowest BCUT2D eigenvalue weighted by molar-refractivity contribution is -0.116. The second-order valence-corrected chi connectivity index (χ2v) is 8.69. The van der Waals surface area contributed by atoms with Crippen LogP contribution in [0, 0.1) is 0 Å². The zero-order valence-corrected chi connectivity index (χ0v) is 15.6. The number of nitrogens with one attached hydrogen (secondary N) is 1. The van der Waals surface area contributed by atoms with E-state index in [0.29, 0.717) is 12.2 Å². The van der Waals surface area contributed by atoms with Gasteiger partial charge in [-0.3, -0.25) is 9.52 Å². The first-order valence-corrected chi connectivity index (χ1v) is 10.5. The quantitative estimate of drug-likeness (QED) is 0.902. The summed E-state index contributed by atoms with van der Waals surface area (Å²) in [5.74, 6) is -0.0159. The first-order chi connectivity index (χ1) is 12.4. The highest BCUT2D eigenvalue weighted by molar-refractivity contribution is 7.92. The fourth-order valence-electron chi connectivity index (χ4n) is 3.92. The molecule has 1 amide bonds. The number of fused-ring (bicyclic) bond motifs is 2. The number of aryl methyl sites for hydroxylation is 3. The summed E-state index contributed by atoms with van der Waals surface area (Å²) < 4.78 is 28.3. The molecule has 0 atom stereocenters. The summed E-state index contributed by atoms with van der Waals surface area (Å²) in [4.78, 5) is 13.7. The van der Waals surface area contributed by atoms with Gasteiger partial charge < -0.3 is 4.90 Å². The Morgan fingerprint density at radius 3 is 2.54 bits per heavy atom. The molecule has 0 saturated carbocycles. The molecule has 2 aliphatic rings. The van der Waals surface area contributed by atoms with Gasteiger partial charge in [-0.05, 0) is 79.1 Å². The van der Waals surface area contributed by atoms with E-state index in [1.165, 1.54) is 18.1 Å². The Morgan fingerprint density at radius 1 is 0.962 bits per heavy atom. The average molecular weight is 370 g/mol. The van der Waals surface area contributed by atoms with Crippen LogP contribution in [-0.4, -0.2) is 20.9 Å². The highest BCUT2D eigenvalue weighted by Gasteiger charge is 2.23. The van der Waals surface area contributed by atoms with Crippen LogP contribution in [0.3, 0.4) is 0 Å². The third-order valence-electron chi connectivity index (χ3n) is 5.21. The van der Waals surface area contributed by atoms with Gasteiger partial charge in [0.2, 0.25) is 5.91 Å². The second kappa shape index (κ2) is 6.43. The van der Waals surface area contributed by atoms with Crippen LogP contribution in [0.25, 0.3) is 0 Å². The molecule has 0 spiro atoms. The van der Waals surface area contributed by atoms with Crippen molar-refractivity contribution in [1.29, 1.82) is 0 Å². The maximum absolute atomic E-state index is 12.8. The SMILES string of the molecule is CC(=O)N1CCCc2cc(S(=O)(=O)Nc3ccc4c(c3)CCC4)ccc21. The summed E-state index contributed by atoms with van der Waals surface area (Å²) in [5.41, 5.74) is 4.87. The van der Waals surface area contributed by atoms with Crippen molar-refractivity contribution in [2.45, 2.75) is 43.9 Å². The third kappa shape index (κ3) is 3.09. The van der Waals surface area contributed by atoms with Crippen molar-refractivity contribution in [3.63, 3.8) is 0 Å². The lowest BCUT2D eigenvalue weighted by atomic mass is 10.0. The summed E-state index contributed by atoms with van der Waals surface area (Å²) >= 11 is 0. The van der Waals surface area contributed by atoms with Crippen molar-refractivity contribution >= 4 is 27.3 Å². The van der Waals surface area contributed by atoms with Gasteiger partial charge in [0, 0.05) is 24.8 Å². The molecule has 1 aliphatic carbocycles. The van der Waals surface area contributed by atoms with Crippen molar-refractivity contribution in [2.75, 3.05) is 16.2 Å². The van der Waals surface area contributed by atoms with E-state index in [2.05, 4.69) is 4.72 Å². The molecule has 1 N–H and O–H groups in total. The van der Waals surface area contributed by atoms with Crippen LogP contribution >= 0.6 is 0 Å². The van der Waals surface area contributed by atoms with Gasteiger partial charge in [-0.15, -0.1) is 0 Å². The number of anilines is 2. The maximum Gasteiger partial charge on any atom is 0.261 e. The Morgan fingerprint density at radius 2 is 1.73 bits per heavy atom. The van der Waals surface area contributed by atoms with Crippen LogP contribution in [0.15, 0.2) is 41.3 Å². The fraction of sp³-hybridized carbons (Fsp3) is 0.350. The van der Waals surface area contributed by atoms with Crippen LogP contribution in [0.4, 0.5) is 11.4 Å². The van der Waals surface area contributed by atoms with Crippen LogP contribution < -0.4 is 9.62 Å². The zero-order valence-electron chi connectivity index (χ0n) is 14.8. The first kappa shape index (κ1) is 17.1. The Labute approximate surface area is 154 Å². The second-order valence-electron chi connectivity index (χ2n) is 7.01. The van der Waals surface area contributed by atoms with E-state index >= 15 is 0 Å². The molecule has 0 saturated heterocycles. The highest BCUT2D eigenvalue weighted by Crippen LogP contribution is 2.31. The number of nitrogens with zero attached hydrogens (tertiary/aromatic N) is 1. The molecule has 26 heavy (non-hydrogen) atoms. The minimum absolute atomic E-state index is 0.0159. The van der Waals surface area contributed by atoms with Gasteiger partial charge in [0.15, 0.2) is 0 Å². The topological polar surface area (TPSA) is 66.5 Å². The molecule has 2 aromatic rings. The van der Waals surface area contributed by atoms with Crippen molar-refractivity contribution in [2.24, 2.45) is 0 Å². The molecular formula is C20H22N2O3S. The number of hydrogen-bond acceptors (Lipinski definition) is 3. The highest BCUT2D eigenvalue weighted by atomic mass is 32.2. The van der Waals surface area contributed by atoms with Gasteiger partial charge >= 0.3 is 0 Å². The van der Waals surface area contributed by atoms with E-state index in [4.69, 9.17) is 0 Å². The lowest BCUT2D eigenvalue weighted by Crippen LogP contribution is -2.33. The van der Waals surface area contributed by atoms with Crippen molar-refractivity contribution in [3.05, 3.63) is 53.1 Å². The molecule has 0 radical (unpaired) electrons. The molecule has 136 valence electrons. The normalized spacial score (nSPS) is 16.1. The van der Waals surface area contributed by atoms with Crippen LogP contribution in [0.2, 0.25) is 0 Å². The molecule has 0 aromatic heterocycles. The molecule has 6 heteroatoms. The van der Waals surface area contributed by atoms with Crippen LogP contribution in [0.5, 0.6) is 0 Å². The lowest BCUT2D eigenvalue weighted by Gasteiger charge is -2.28. The van der Waals surface area contributed by atoms with Gasteiger partial charge in [0.05, 0.1) is 4.90 Å². The molecule has 1 heterocycles. The third-order valence-corrected chi connectivity index (χ3v) is 6.59. The van der Waals surface area contributed by atoms with E-state index in [-0.39, 0.29) is 10.8 Å². The number of carbonyl (C=O) groups is 1. The van der Waals surface area contributed by atoms with E-state index in [1.807, 2.05) is 18.2 Å². The summed E-state index contributed by atoms with van der Waals surface area (Å²) in [6, 6.07) is 10.8. The number of benzene rings is 2. The largest absolute Gasteiger partial charge is 0.312 e. The van der Waals surface area contributed by atoms with Crippen molar-refractivity contribution < 1.29 is 13.2 Å². The maximum atomic E-state index is 12.8. The van der Waals surface area contributed by atoms with Gasteiger partial charge in [-0.25, -0.2) is 8.42 Å². The molecular weight excluding hydrogens is 348 g/mol. The monoisotopic (exact) mass is 370 g/mol. The van der Waals surface area contributed by atoms with Gasteiger partial charge in [-0.1, -0.05) is 6.07 Å². The smallest absolute Gasteiger partial charge is 0.261 e. The molecule has 5 nitrogen and oxygen atoms in total. The number of hydrogen-bond donors (Lipinski definition) is 1. The van der Waals surface area contributed by atoms with Gasteiger partial charge in [0.25, 0.3) is 10.0 Å². The Balaban J connectivity index is 1.63. The molecule has 2 aromatic carbocycles. The summed E-state index contributed by atoms with van der Waals surface area (Å²) in [5, 5.41) is 0. The van der Waals surface area contributed by atoms with Crippen molar-refractivity contribution in [3.8, 4) is 0 Å². The molecule has 0 bridgehead atoms. The fourth-order valence-corrected chi connectivity index (χ4v) is 5.02. The summed E-state index contributed by atoms with van der Waals surface area (Å²) in [6.45, 7) is 2.22. The van der Waals surface area contributed by atoms with Gasteiger partial charge in [0.1, 0.15) is 0 Å². The summed E-state index contributed by atoms with van der Waals surface area (Å²) in [6.07, 6.45) is 4.82. The number of amides is 1. The van der Waals surface area contributed by atoms with E-state index in [9.17, 15) is 13.2 Å². The summed E-state index contributed by atoms with van der Waals surface area (Å²) in [7, 11) is -3.66. The first-order valence-electron chi connectivity index (χ1n) is 9.00. The number of sulfonamides is 1. The van der Waals surface area contributed by atoms with Crippen molar-refractivity contribution in [1.82, 2.24) is 0 Å². The molecule has 1 aliphatic heterocycles. The van der Waals surface area contributed by atoms with E-state index < -0.39 is 10.0 Å². The Hall–Kier alpha value is -2.34. The van der Waals surface area contributed by atoms with Gasteiger partial charge in [-0.2, -0.15) is 0 Å². The number of rotatable bonds is 3. The van der Waals surface area contributed by atoms with Crippen LogP contribution in [-0.2, 0) is 34.1 Å².